The van der Waals surface area contributed by atoms with E-state index in [0.717, 1.165) is 17.8 Å². The molecule has 0 saturated carbocycles. The number of aryl methyl sites for hydroxylation is 1. The number of hydrogen-bond donors (Lipinski definition) is 1. The Bertz CT molecular complexity index is 500. The van der Waals surface area contributed by atoms with Gasteiger partial charge >= 0.3 is 0 Å². The lowest BCUT2D eigenvalue weighted by Gasteiger charge is -2.07. The molecule has 0 bridgehead atoms. The number of aromatic nitrogens is 2. The third kappa shape index (κ3) is 1.88. The Hall–Kier alpha value is -1.91. The zero-order chi connectivity index (χ0) is 11.7. The first-order valence-electron chi connectivity index (χ1n) is 4.79. The van der Waals surface area contributed by atoms with Gasteiger partial charge in [0.05, 0.1) is 12.7 Å². The molecule has 0 aliphatic carbocycles. The van der Waals surface area contributed by atoms with E-state index in [1.165, 1.54) is 6.07 Å². The smallest absolute Gasteiger partial charge is 0.200 e. The lowest BCUT2D eigenvalue weighted by Crippen LogP contribution is -2.06. The van der Waals surface area contributed by atoms with Crippen molar-refractivity contribution in [1.82, 2.24) is 9.55 Å². The summed E-state index contributed by atoms with van der Waals surface area (Å²) in [5.41, 5.74) is 7.16. The lowest BCUT2D eigenvalue weighted by atomic mass is 10.2. The maximum absolute atomic E-state index is 13.0. The molecule has 0 radical (unpaired) electrons. The minimum atomic E-state index is -0.853. The van der Waals surface area contributed by atoms with Crippen molar-refractivity contribution >= 4 is 5.95 Å². The molecule has 3 nitrogen and oxygen atoms in total. The Kier molecular flexibility index (Phi) is 2.60. The molecule has 1 heterocycles. The maximum atomic E-state index is 13.0. The van der Waals surface area contributed by atoms with E-state index in [0.29, 0.717) is 18.1 Å². The number of nitrogen functional groups attached to an aromatic ring is 1. The van der Waals surface area contributed by atoms with E-state index in [4.69, 9.17) is 5.73 Å². The predicted octanol–water partition coefficient (Wildman–Crippen LogP) is 2.10. The molecule has 2 rings (SSSR count). The molecule has 0 spiro atoms. The van der Waals surface area contributed by atoms with Gasteiger partial charge in [0.1, 0.15) is 0 Å². The number of rotatable bonds is 2. The van der Waals surface area contributed by atoms with Gasteiger partial charge in [-0.2, -0.15) is 0 Å². The van der Waals surface area contributed by atoms with Crippen molar-refractivity contribution in [1.29, 1.82) is 0 Å². The van der Waals surface area contributed by atoms with Crippen molar-refractivity contribution in [3.8, 4) is 0 Å². The van der Waals surface area contributed by atoms with Gasteiger partial charge < -0.3 is 10.3 Å². The van der Waals surface area contributed by atoms with Gasteiger partial charge in [0.2, 0.25) is 5.95 Å². The lowest BCUT2D eigenvalue weighted by molar-refractivity contribution is 0.506. The minimum Gasteiger partial charge on any atom is -0.369 e. The van der Waals surface area contributed by atoms with E-state index in [-0.39, 0.29) is 0 Å². The summed E-state index contributed by atoms with van der Waals surface area (Å²) in [5, 5.41) is 0. The number of anilines is 1. The summed E-state index contributed by atoms with van der Waals surface area (Å²) in [5.74, 6) is -1.34. The van der Waals surface area contributed by atoms with E-state index in [1.54, 1.807) is 10.8 Å². The van der Waals surface area contributed by atoms with Crippen LogP contribution < -0.4 is 5.73 Å². The fourth-order valence-electron chi connectivity index (χ4n) is 1.51. The van der Waals surface area contributed by atoms with Gasteiger partial charge in [0.15, 0.2) is 11.6 Å². The summed E-state index contributed by atoms with van der Waals surface area (Å²) in [6.07, 6.45) is 1.63. The summed E-state index contributed by atoms with van der Waals surface area (Å²) >= 11 is 0. The van der Waals surface area contributed by atoms with Crippen LogP contribution in [0.1, 0.15) is 11.3 Å². The Morgan fingerprint density at radius 1 is 1.31 bits per heavy atom. The van der Waals surface area contributed by atoms with Crippen molar-refractivity contribution < 1.29 is 8.78 Å². The molecule has 0 aliphatic heterocycles. The second-order valence-corrected chi connectivity index (χ2v) is 3.59. The Morgan fingerprint density at radius 3 is 2.62 bits per heavy atom. The maximum Gasteiger partial charge on any atom is 0.200 e. The third-order valence-electron chi connectivity index (χ3n) is 2.41. The highest BCUT2D eigenvalue weighted by molar-refractivity contribution is 5.26. The molecule has 84 valence electrons. The van der Waals surface area contributed by atoms with Crippen LogP contribution in [0.25, 0.3) is 0 Å². The zero-order valence-electron chi connectivity index (χ0n) is 8.74. The Labute approximate surface area is 91.5 Å². The monoisotopic (exact) mass is 223 g/mol. The first-order valence-corrected chi connectivity index (χ1v) is 4.79. The molecular formula is C11H11F2N3. The molecule has 0 atom stereocenters. The summed E-state index contributed by atoms with van der Waals surface area (Å²) < 4.78 is 27.4. The summed E-state index contributed by atoms with van der Waals surface area (Å²) in [4.78, 5) is 3.93. The molecule has 0 amide bonds. The standard InChI is InChI=1S/C11H11F2N3/c1-7-5-15-11(14)16(7)6-8-2-3-9(12)10(13)4-8/h2-5H,6H2,1H3,(H2,14,15). The summed E-state index contributed by atoms with van der Waals surface area (Å²) in [7, 11) is 0. The van der Waals surface area contributed by atoms with E-state index in [1.807, 2.05) is 6.92 Å². The summed E-state index contributed by atoms with van der Waals surface area (Å²) in [6, 6.07) is 3.79. The van der Waals surface area contributed by atoms with E-state index < -0.39 is 11.6 Å². The van der Waals surface area contributed by atoms with Crippen molar-refractivity contribution in [2.45, 2.75) is 13.5 Å². The summed E-state index contributed by atoms with van der Waals surface area (Å²) in [6.45, 7) is 2.23. The molecule has 16 heavy (non-hydrogen) atoms. The van der Waals surface area contributed by atoms with Crippen LogP contribution >= 0.6 is 0 Å². The van der Waals surface area contributed by atoms with Gasteiger partial charge in [-0.1, -0.05) is 6.07 Å². The molecule has 2 N–H and O–H groups in total. The van der Waals surface area contributed by atoms with Crippen LogP contribution in [-0.2, 0) is 6.54 Å². The highest BCUT2D eigenvalue weighted by Gasteiger charge is 2.06. The van der Waals surface area contributed by atoms with Gasteiger partial charge in [-0.15, -0.1) is 0 Å². The van der Waals surface area contributed by atoms with Gasteiger partial charge in [-0.05, 0) is 24.6 Å². The van der Waals surface area contributed by atoms with E-state index >= 15 is 0 Å². The normalized spacial score (nSPS) is 10.7. The average molecular weight is 223 g/mol. The number of hydrogen-bond acceptors (Lipinski definition) is 2. The van der Waals surface area contributed by atoms with Crippen molar-refractivity contribution in [3.05, 3.63) is 47.3 Å². The Balaban J connectivity index is 2.31. The van der Waals surface area contributed by atoms with Crippen molar-refractivity contribution in [3.63, 3.8) is 0 Å². The number of nitrogens with two attached hydrogens (primary N) is 1. The fourth-order valence-corrected chi connectivity index (χ4v) is 1.51. The van der Waals surface area contributed by atoms with Crippen LogP contribution in [0.5, 0.6) is 0 Å². The Morgan fingerprint density at radius 2 is 2.06 bits per heavy atom. The first-order chi connectivity index (χ1) is 7.58. The predicted molar refractivity (Wildman–Crippen MR) is 56.8 cm³/mol. The highest BCUT2D eigenvalue weighted by atomic mass is 19.2. The molecular weight excluding hydrogens is 212 g/mol. The fraction of sp³-hybridized carbons (Fsp3) is 0.182. The number of halogens is 2. The van der Waals surface area contributed by atoms with Crippen LogP contribution in [0.15, 0.2) is 24.4 Å². The first kappa shape index (κ1) is 10.6. The molecule has 2 aromatic rings. The van der Waals surface area contributed by atoms with Crippen molar-refractivity contribution in [2.75, 3.05) is 5.73 Å². The third-order valence-corrected chi connectivity index (χ3v) is 2.41. The molecule has 0 aliphatic rings. The van der Waals surface area contributed by atoms with Crippen molar-refractivity contribution in [2.24, 2.45) is 0 Å². The average Bonchev–Trinajstić information content (AvgIpc) is 2.55. The van der Waals surface area contributed by atoms with Crippen LogP contribution in [0, 0.1) is 18.6 Å². The SMILES string of the molecule is Cc1cnc(N)n1Cc1ccc(F)c(F)c1. The van der Waals surface area contributed by atoms with E-state index in [9.17, 15) is 8.78 Å². The molecule has 0 saturated heterocycles. The van der Waals surface area contributed by atoms with E-state index in [2.05, 4.69) is 4.98 Å². The number of imidazole rings is 1. The van der Waals surface area contributed by atoms with Crippen LogP contribution in [0.2, 0.25) is 0 Å². The van der Waals surface area contributed by atoms with Crippen LogP contribution in [-0.4, -0.2) is 9.55 Å². The van der Waals surface area contributed by atoms with Gasteiger partial charge in [0.25, 0.3) is 0 Å². The molecule has 1 aromatic heterocycles. The number of benzene rings is 1. The molecule has 1 aromatic carbocycles. The topological polar surface area (TPSA) is 43.8 Å². The van der Waals surface area contributed by atoms with Crippen LogP contribution in [0.3, 0.4) is 0 Å². The largest absolute Gasteiger partial charge is 0.369 e. The number of nitrogens with zero attached hydrogens (tertiary/aromatic N) is 2. The van der Waals surface area contributed by atoms with Gasteiger partial charge in [0, 0.05) is 5.69 Å². The highest BCUT2D eigenvalue weighted by Crippen LogP contribution is 2.13. The second-order valence-electron chi connectivity index (χ2n) is 3.59. The second kappa shape index (κ2) is 3.92. The molecule has 0 unspecified atom stereocenters. The quantitative estimate of drug-likeness (QED) is 0.847. The van der Waals surface area contributed by atoms with Gasteiger partial charge in [-0.3, -0.25) is 0 Å². The van der Waals surface area contributed by atoms with Gasteiger partial charge in [-0.25, -0.2) is 13.8 Å². The van der Waals surface area contributed by atoms with Crippen LogP contribution in [0.4, 0.5) is 14.7 Å². The minimum absolute atomic E-state index is 0.363. The molecule has 0 fully saturated rings. The zero-order valence-corrected chi connectivity index (χ0v) is 8.74. The molecule has 5 heteroatoms.